The number of aliphatic hydroxyl groups is 1. The molecule has 0 aliphatic carbocycles. The van der Waals surface area contributed by atoms with Crippen LogP contribution in [0.1, 0.15) is 37.6 Å². The smallest absolute Gasteiger partial charge is 0.278 e. The minimum atomic E-state index is -1.05. The first-order chi connectivity index (χ1) is 15.8. The first-order valence-corrected chi connectivity index (χ1v) is 11.1. The van der Waals surface area contributed by atoms with E-state index in [-0.39, 0.29) is 5.56 Å². The Labute approximate surface area is 191 Å². The van der Waals surface area contributed by atoms with Crippen molar-refractivity contribution in [2.24, 2.45) is 0 Å². The molecule has 3 N–H and O–H groups in total. The summed E-state index contributed by atoms with van der Waals surface area (Å²) in [6.07, 6.45) is 4.23. The highest BCUT2D eigenvalue weighted by atomic mass is 16.3. The molecule has 0 bridgehead atoms. The molecular weight excluding hydrogens is 418 g/mol. The van der Waals surface area contributed by atoms with E-state index < -0.39 is 5.60 Å². The number of benzene rings is 1. The molecular formula is C24H27N7O2. The Hall–Kier alpha value is -3.56. The molecule has 0 unspecified atom stereocenters. The van der Waals surface area contributed by atoms with Crippen LogP contribution in [-0.2, 0) is 25.1 Å². The van der Waals surface area contributed by atoms with Crippen molar-refractivity contribution in [3.63, 3.8) is 0 Å². The zero-order valence-electron chi connectivity index (χ0n) is 19.0. The van der Waals surface area contributed by atoms with E-state index in [0.29, 0.717) is 34.9 Å². The van der Waals surface area contributed by atoms with E-state index in [9.17, 15) is 9.90 Å². The molecule has 4 aromatic rings. The van der Waals surface area contributed by atoms with Crippen LogP contribution in [0.15, 0.2) is 47.5 Å². The van der Waals surface area contributed by atoms with Gasteiger partial charge in [-0.15, -0.1) is 0 Å². The number of nitrogens with zero attached hydrogens (tertiary/aromatic N) is 5. The third kappa shape index (κ3) is 3.90. The number of fused-ring (bicyclic) bond motifs is 2. The number of rotatable bonds is 5. The van der Waals surface area contributed by atoms with Crippen molar-refractivity contribution >= 4 is 22.7 Å². The third-order valence-corrected chi connectivity index (χ3v) is 5.94. The van der Waals surface area contributed by atoms with Crippen LogP contribution in [0.5, 0.6) is 0 Å². The van der Waals surface area contributed by atoms with E-state index in [0.717, 1.165) is 25.2 Å². The van der Waals surface area contributed by atoms with Crippen LogP contribution in [0.4, 0.5) is 11.6 Å². The Morgan fingerprint density at radius 1 is 1.15 bits per heavy atom. The maximum Gasteiger partial charge on any atom is 0.278 e. The van der Waals surface area contributed by atoms with Gasteiger partial charge in [-0.25, -0.2) is 14.3 Å². The molecule has 0 amide bonds. The molecule has 1 aromatic carbocycles. The Kier molecular flexibility index (Phi) is 5.22. The molecule has 9 heteroatoms. The van der Waals surface area contributed by atoms with E-state index in [1.165, 1.54) is 11.1 Å². The molecule has 1 aliphatic rings. The molecule has 9 nitrogen and oxygen atoms in total. The number of nitrogens with one attached hydrogen (secondary N) is 2. The van der Waals surface area contributed by atoms with Crippen LogP contribution in [-0.4, -0.2) is 36.0 Å². The van der Waals surface area contributed by atoms with Crippen molar-refractivity contribution in [2.45, 2.75) is 45.9 Å². The lowest BCUT2D eigenvalue weighted by atomic mass is 10.0. The molecule has 1 aliphatic heterocycles. The maximum absolute atomic E-state index is 13.0. The monoisotopic (exact) mass is 445 g/mol. The van der Waals surface area contributed by atoms with Crippen LogP contribution in [0, 0.1) is 0 Å². The molecule has 4 heterocycles. The van der Waals surface area contributed by atoms with Crippen molar-refractivity contribution in [1.82, 2.24) is 29.6 Å². The van der Waals surface area contributed by atoms with Gasteiger partial charge in [-0.3, -0.25) is 9.78 Å². The van der Waals surface area contributed by atoms with Crippen molar-refractivity contribution in [1.29, 1.82) is 0 Å². The Morgan fingerprint density at radius 2 is 2.00 bits per heavy atom. The second-order valence-electron chi connectivity index (χ2n) is 8.76. The Balaban J connectivity index is 1.57. The fourth-order valence-corrected chi connectivity index (χ4v) is 4.20. The zero-order valence-corrected chi connectivity index (χ0v) is 19.0. The number of aromatic nitrogens is 5. The lowest BCUT2D eigenvalue weighted by molar-refractivity contribution is 0.0738. The van der Waals surface area contributed by atoms with Gasteiger partial charge in [0.25, 0.3) is 5.56 Å². The van der Waals surface area contributed by atoms with Crippen LogP contribution < -0.4 is 16.2 Å². The molecule has 0 saturated heterocycles. The number of pyridine rings is 1. The van der Waals surface area contributed by atoms with Gasteiger partial charge in [0.2, 0.25) is 5.95 Å². The normalized spacial score (nSPS) is 13.8. The highest BCUT2D eigenvalue weighted by Gasteiger charge is 2.20. The van der Waals surface area contributed by atoms with Gasteiger partial charge in [0, 0.05) is 25.0 Å². The van der Waals surface area contributed by atoms with E-state index in [1.807, 2.05) is 19.1 Å². The van der Waals surface area contributed by atoms with Crippen molar-refractivity contribution in [3.8, 4) is 5.69 Å². The number of hydrogen-bond donors (Lipinski definition) is 3. The largest absolute Gasteiger partial charge is 0.384 e. The molecule has 0 saturated carbocycles. The summed E-state index contributed by atoms with van der Waals surface area (Å²) < 4.78 is 3.36. The predicted octanol–water partition coefficient (Wildman–Crippen LogP) is 2.61. The molecule has 170 valence electrons. The van der Waals surface area contributed by atoms with Crippen LogP contribution in [0.25, 0.3) is 16.7 Å². The van der Waals surface area contributed by atoms with Gasteiger partial charge >= 0.3 is 0 Å². The SMILES string of the molecule is CCn1c(=O)c2cnc(Nc3ccc4c(c3)CNCC4)nc2n1-c1ccc(C(C)(C)O)nc1. The topological polar surface area (TPSA) is 110 Å². The van der Waals surface area contributed by atoms with Gasteiger partial charge in [0.15, 0.2) is 5.65 Å². The van der Waals surface area contributed by atoms with Crippen molar-refractivity contribution < 1.29 is 5.11 Å². The van der Waals surface area contributed by atoms with Crippen LogP contribution in [0.3, 0.4) is 0 Å². The first-order valence-electron chi connectivity index (χ1n) is 11.1. The van der Waals surface area contributed by atoms with Gasteiger partial charge in [-0.1, -0.05) is 6.07 Å². The third-order valence-electron chi connectivity index (χ3n) is 5.94. The highest BCUT2D eigenvalue weighted by Crippen LogP contribution is 2.23. The van der Waals surface area contributed by atoms with E-state index in [2.05, 4.69) is 37.7 Å². The minimum absolute atomic E-state index is 0.162. The molecule has 0 spiro atoms. The average molecular weight is 446 g/mol. The molecule has 3 aromatic heterocycles. The summed E-state index contributed by atoms with van der Waals surface area (Å²) in [6.45, 7) is 7.58. The lowest BCUT2D eigenvalue weighted by Gasteiger charge is -2.18. The fraction of sp³-hybridized carbons (Fsp3) is 0.333. The Morgan fingerprint density at radius 3 is 2.73 bits per heavy atom. The summed E-state index contributed by atoms with van der Waals surface area (Å²) >= 11 is 0. The number of anilines is 2. The zero-order chi connectivity index (χ0) is 23.2. The average Bonchev–Trinajstić information content (AvgIpc) is 3.09. The summed E-state index contributed by atoms with van der Waals surface area (Å²) in [4.78, 5) is 26.5. The predicted molar refractivity (Wildman–Crippen MR) is 127 cm³/mol. The minimum Gasteiger partial charge on any atom is -0.384 e. The standard InChI is InChI=1S/C24H27N7O2/c1-4-30-22(32)19-14-27-23(28-17-6-5-15-9-10-25-12-16(15)11-17)29-21(19)31(30)18-7-8-20(26-13-18)24(2,3)33/h5-8,11,13-14,25,33H,4,9-10,12H2,1-3H3,(H,27,28,29). The summed E-state index contributed by atoms with van der Waals surface area (Å²) in [5.41, 5.74) is 4.03. The highest BCUT2D eigenvalue weighted by molar-refractivity contribution is 5.77. The summed E-state index contributed by atoms with van der Waals surface area (Å²) in [5, 5.41) is 17.3. The molecule has 0 fully saturated rings. The van der Waals surface area contributed by atoms with Gasteiger partial charge in [0.05, 0.1) is 17.6 Å². The lowest BCUT2D eigenvalue weighted by Crippen LogP contribution is -2.23. The fourth-order valence-electron chi connectivity index (χ4n) is 4.20. The molecule has 33 heavy (non-hydrogen) atoms. The van der Waals surface area contributed by atoms with Crippen molar-refractivity contribution in [2.75, 3.05) is 11.9 Å². The molecule has 0 atom stereocenters. The maximum atomic E-state index is 13.0. The van der Waals surface area contributed by atoms with Gasteiger partial charge < -0.3 is 15.7 Å². The first kappa shape index (κ1) is 21.3. The summed E-state index contributed by atoms with van der Waals surface area (Å²) in [7, 11) is 0. The quantitative estimate of drug-likeness (QED) is 0.433. The summed E-state index contributed by atoms with van der Waals surface area (Å²) in [5.74, 6) is 0.411. The van der Waals surface area contributed by atoms with Crippen molar-refractivity contribution in [3.05, 3.63) is 69.9 Å². The Bertz CT molecular complexity index is 1380. The molecule has 0 radical (unpaired) electrons. The van der Waals surface area contributed by atoms with E-state index in [4.69, 9.17) is 0 Å². The van der Waals surface area contributed by atoms with E-state index >= 15 is 0 Å². The van der Waals surface area contributed by atoms with Gasteiger partial charge in [-0.2, -0.15) is 4.98 Å². The second-order valence-corrected chi connectivity index (χ2v) is 8.76. The van der Waals surface area contributed by atoms with Gasteiger partial charge in [-0.05, 0) is 69.1 Å². The second kappa shape index (κ2) is 8.09. The van der Waals surface area contributed by atoms with Crippen LogP contribution >= 0.6 is 0 Å². The summed E-state index contributed by atoms with van der Waals surface area (Å²) in [6, 6.07) is 9.86. The van der Waals surface area contributed by atoms with Gasteiger partial charge in [0.1, 0.15) is 11.0 Å². The van der Waals surface area contributed by atoms with Crippen LogP contribution in [0.2, 0.25) is 0 Å². The van der Waals surface area contributed by atoms with E-state index in [1.54, 1.807) is 41.7 Å². The number of hydrogen-bond acceptors (Lipinski definition) is 7. The molecule has 5 rings (SSSR count).